The number of para-hydroxylation sites is 4. The monoisotopic (exact) mass is 294 g/mol. The summed E-state index contributed by atoms with van der Waals surface area (Å²) in [5.74, 6) is 0.703. The first-order valence-electron chi connectivity index (χ1n) is 6.74. The highest BCUT2D eigenvalue weighted by Crippen LogP contribution is 2.23. The molecule has 1 aromatic heterocycles. The van der Waals surface area contributed by atoms with E-state index < -0.39 is 0 Å². The van der Waals surface area contributed by atoms with Gasteiger partial charge in [-0.1, -0.05) is 24.3 Å². The fraction of sp³-hybridized carbons (Fsp3) is 0.0588. The topological polar surface area (TPSA) is 64.4 Å². The van der Waals surface area contributed by atoms with Gasteiger partial charge in [0.2, 0.25) is 11.8 Å². The fourth-order valence-electron chi connectivity index (χ4n) is 2.03. The second-order valence-electron chi connectivity index (χ2n) is 4.54. The molecule has 0 unspecified atom stereocenters. The van der Waals surface area contributed by atoms with Gasteiger partial charge in [-0.2, -0.15) is 0 Å². The lowest BCUT2D eigenvalue weighted by Gasteiger charge is -2.07. The smallest absolute Gasteiger partial charge is 0.248 e. The summed E-state index contributed by atoms with van der Waals surface area (Å²) in [6, 6.07) is 14.6. The van der Waals surface area contributed by atoms with Crippen molar-refractivity contribution in [2.24, 2.45) is 0 Å². The van der Waals surface area contributed by atoms with E-state index in [1.54, 1.807) is 19.2 Å². The summed E-state index contributed by atoms with van der Waals surface area (Å²) in [7, 11) is 1.55. The number of amides is 1. The SMILES string of the molecule is COc1ccccc1NC(=O)/C=C/c1nc2ccccc2o1. The number of nitrogens with zero attached hydrogens (tertiary/aromatic N) is 1. The van der Waals surface area contributed by atoms with Crippen LogP contribution in [0.25, 0.3) is 17.2 Å². The zero-order valence-corrected chi connectivity index (χ0v) is 11.9. The largest absolute Gasteiger partial charge is 0.495 e. The summed E-state index contributed by atoms with van der Waals surface area (Å²) in [4.78, 5) is 16.2. The van der Waals surface area contributed by atoms with E-state index in [-0.39, 0.29) is 5.91 Å². The Morgan fingerprint density at radius 3 is 2.77 bits per heavy atom. The van der Waals surface area contributed by atoms with Gasteiger partial charge in [-0.05, 0) is 24.3 Å². The summed E-state index contributed by atoms with van der Waals surface area (Å²) in [5.41, 5.74) is 2.05. The number of fused-ring (bicyclic) bond motifs is 1. The van der Waals surface area contributed by atoms with E-state index in [0.717, 1.165) is 5.52 Å². The Labute approximate surface area is 127 Å². The van der Waals surface area contributed by atoms with Crippen LogP contribution < -0.4 is 10.1 Å². The Kier molecular flexibility index (Phi) is 3.87. The molecule has 1 amide bonds. The summed E-state index contributed by atoms with van der Waals surface area (Å²) >= 11 is 0. The molecule has 0 atom stereocenters. The number of carbonyl (C=O) groups excluding carboxylic acids is 1. The standard InChI is InChI=1S/C17H14N2O3/c1-21-14-8-4-2-6-12(14)18-16(20)10-11-17-19-13-7-3-5-9-15(13)22-17/h2-11H,1H3,(H,18,20)/b11-10+. The number of rotatable bonds is 4. The summed E-state index contributed by atoms with van der Waals surface area (Å²) < 4.78 is 10.7. The molecular weight excluding hydrogens is 280 g/mol. The van der Waals surface area contributed by atoms with Crippen LogP contribution in [0, 0.1) is 0 Å². The van der Waals surface area contributed by atoms with E-state index in [4.69, 9.17) is 9.15 Å². The van der Waals surface area contributed by atoms with Gasteiger partial charge >= 0.3 is 0 Å². The molecule has 0 saturated heterocycles. The van der Waals surface area contributed by atoms with Crippen LogP contribution >= 0.6 is 0 Å². The number of hydrogen-bond donors (Lipinski definition) is 1. The molecule has 0 aliphatic heterocycles. The Morgan fingerprint density at radius 2 is 1.95 bits per heavy atom. The van der Waals surface area contributed by atoms with Crippen LogP contribution in [0.3, 0.4) is 0 Å². The third-order valence-corrected chi connectivity index (χ3v) is 3.05. The number of benzene rings is 2. The van der Waals surface area contributed by atoms with Crippen LogP contribution in [0.1, 0.15) is 5.89 Å². The van der Waals surface area contributed by atoms with Crippen molar-refractivity contribution in [2.75, 3.05) is 12.4 Å². The highest BCUT2D eigenvalue weighted by atomic mass is 16.5. The van der Waals surface area contributed by atoms with Crippen molar-refractivity contribution in [1.29, 1.82) is 0 Å². The van der Waals surface area contributed by atoms with Gasteiger partial charge in [0.15, 0.2) is 5.58 Å². The zero-order chi connectivity index (χ0) is 15.4. The van der Waals surface area contributed by atoms with Gasteiger partial charge in [0.05, 0.1) is 12.8 Å². The van der Waals surface area contributed by atoms with E-state index >= 15 is 0 Å². The van der Waals surface area contributed by atoms with E-state index in [1.807, 2.05) is 36.4 Å². The van der Waals surface area contributed by atoms with Crippen LogP contribution in [0.2, 0.25) is 0 Å². The highest BCUT2D eigenvalue weighted by molar-refractivity contribution is 6.02. The fourth-order valence-corrected chi connectivity index (χ4v) is 2.03. The summed E-state index contributed by atoms with van der Waals surface area (Å²) in [5, 5.41) is 2.75. The van der Waals surface area contributed by atoms with Crippen LogP contribution in [0.5, 0.6) is 5.75 Å². The molecule has 0 spiro atoms. The number of aromatic nitrogens is 1. The van der Waals surface area contributed by atoms with Gasteiger partial charge in [0.1, 0.15) is 11.3 Å². The van der Waals surface area contributed by atoms with Gasteiger partial charge in [-0.15, -0.1) is 0 Å². The first-order valence-corrected chi connectivity index (χ1v) is 6.74. The Balaban J connectivity index is 1.73. The number of nitrogens with one attached hydrogen (secondary N) is 1. The molecule has 2 aromatic carbocycles. The van der Waals surface area contributed by atoms with Crippen LogP contribution in [0.15, 0.2) is 59.0 Å². The molecule has 1 N–H and O–H groups in total. The molecule has 22 heavy (non-hydrogen) atoms. The first-order chi connectivity index (χ1) is 10.8. The summed E-state index contributed by atoms with van der Waals surface area (Å²) in [6.07, 6.45) is 2.90. The average molecular weight is 294 g/mol. The number of anilines is 1. The summed E-state index contributed by atoms with van der Waals surface area (Å²) in [6.45, 7) is 0. The van der Waals surface area contributed by atoms with Crippen LogP contribution in [-0.2, 0) is 4.79 Å². The molecule has 0 saturated carbocycles. The molecule has 0 bridgehead atoms. The van der Waals surface area contributed by atoms with E-state index in [2.05, 4.69) is 10.3 Å². The lowest BCUT2D eigenvalue weighted by Crippen LogP contribution is -2.08. The minimum Gasteiger partial charge on any atom is -0.495 e. The molecule has 5 nitrogen and oxygen atoms in total. The van der Waals surface area contributed by atoms with E-state index in [0.29, 0.717) is 22.9 Å². The lowest BCUT2D eigenvalue weighted by molar-refractivity contribution is -0.111. The van der Waals surface area contributed by atoms with E-state index in [1.165, 1.54) is 12.2 Å². The molecule has 3 aromatic rings. The number of hydrogen-bond acceptors (Lipinski definition) is 4. The van der Waals surface area contributed by atoms with E-state index in [9.17, 15) is 4.79 Å². The molecule has 0 aliphatic rings. The number of methoxy groups -OCH3 is 1. The van der Waals surface area contributed by atoms with Gasteiger partial charge in [-0.25, -0.2) is 4.98 Å². The van der Waals surface area contributed by atoms with Crippen molar-refractivity contribution in [3.8, 4) is 5.75 Å². The Hall–Kier alpha value is -3.08. The highest BCUT2D eigenvalue weighted by Gasteiger charge is 2.05. The van der Waals surface area contributed by atoms with Crippen LogP contribution in [-0.4, -0.2) is 18.0 Å². The molecule has 110 valence electrons. The molecule has 0 aliphatic carbocycles. The maximum Gasteiger partial charge on any atom is 0.248 e. The molecule has 5 heteroatoms. The zero-order valence-electron chi connectivity index (χ0n) is 11.9. The third kappa shape index (κ3) is 2.98. The predicted molar refractivity (Wildman–Crippen MR) is 84.7 cm³/mol. The second-order valence-corrected chi connectivity index (χ2v) is 4.54. The average Bonchev–Trinajstić information content (AvgIpc) is 2.96. The maximum absolute atomic E-state index is 11.9. The molecule has 0 fully saturated rings. The predicted octanol–water partition coefficient (Wildman–Crippen LogP) is 3.49. The van der Waals surface area contributed by atoms with Crippen molar-refractivity contribution >= 4 is 28.8 Å². The normalized spacial score (nSPS) is 11.0. The van der Waals surface area contributed by atoms with Crippen LogP contribution in [0.4, 0.5) is 5.69 Å². The quantitative estimate of drug-likeness (QED) is 0.748. The van der Waals surface area contributed by atoms with Crippen molar-refractivity contribution in [1.82, 2.24) is 4.98 Å². The molecule has 1 heterocycles. The number of oxazole rings is 1. The second kappa shape index (κ2) is 6.13. The minimum absolute atomic E-state index is 0.285. The Morgan fingerprint density at radius 1 is 1.18 bits per heavy atom. The third-order valence-electron chi connectivity index (χ3n) is 3.05. The first kappa shape index (κ1) is 13.9. The Bertz CT molecular complexity index is 804. The molecular formula is C17H14N2O3. The lowest BCUT2D eigenvalue weighted by atomic mass is 10.3. The van der Waals surface area contributed by atoms with Crippen molar-refractivity contribution < 1.29 is 13.9 Å². The van der Waals surface area contributed by atoms with Gasteiger partial charge < -0.3 is 14.5 Å². The maximum atomic E-state index is 11.9. The number of ether oxygens (including phenoxy) is 1. The van der Waals surface area contributed by atoms with Gasteiger partial charge in [-0.3, -0.25) is 4.79 Å². The molecule has 0 radical (unpaired) electrons. The van der Waals surface area contributed by atoms with Crippen molar-refractivity contribution in [3.05, 3.63) is 60.5 Å². The van der Waals surface area contributed by atoms with Crippen molar-refractivity contribution in [3.63, 3.8) is 0 Å². The van der Waals surface area contributed by atoms with Gasteiger partial charge in [0, 0.05) is 12.2 Å². The van der Waals surface area contributed by atoms with Crippen molar-refractivity contribution in [2.45, 2.75) is 0 Å². The molecule has 3 rings (SSSR count). The van der Waals surface area contributed by atoms with Gasteiger partial charge in [0.25, 0.3) is 0 Å². The number of carbonyl (C=O) groups is 1. The minimum atomic E-state index is -0.285.